The van der Waals surface area contributed by atoms with Crippen LogP contribution in [-0.4, -0.2) is 44.9 Å². The Morgan fingerprint density at radius 2 is 2.04 bits per heavy atom. The van der Waals surface area contributed by atoms with E-state index in [1.54, 1.807) is 0 Å². The van der Waals surface area contributed by atoms with E-state index in [4.69, 9.17) is 9.47 Å². The van der Waals surface area contributed by atoms with E-state index in [-0.39, 0.29) is 0 Å². The third-order valence-electron chi connectivity index (χ3n) is 4.30. The van der Waals surface area contributed by atoms with Crippen LogP contribution in [0.3, 0.4) is 0 Å². The molecule has 2 aromatic rings. The molecule has 1 aromatic heterocycles. The van der Waals surface area contributed by atoms with Crippen LogP contribution >= 0.6 is 0 Å². The lowest BCUT2D eigenvalue weighted by Crippen LogP contribution is -2.36. The highest BCUT2D eigenvalue weighted by Gasteiger charge is 2.18. The summed E-state index contributed by atoms with van der Waals surface area (Å²) in [6, 6.07) is 8.57. The number of benzene rings is 1. The van der Waals surface area contributed by atoms with Crippen LogP contribution in [0.15, 0.2) is 30.5 Å². The van der Waals surface area contributed by atoms with Crippen molar-refractivity contribution in [3.05, 3.63) is 36.0 Å². The Kier molecular flexibility index (Phi) is 5.20. The van der Waals surface area contributed by atoms with Gasteiger partial charge < -0.3 is 19.7 Å². The third-order valence-corrected chi connectivity index (χ3v) is 4.30. The largest absolute Gasteiger partial charge is 0.476 e. The maximum absolute atomic E-state index is 5.75. The number of nitrogens with one attached hydrogen (secondary N) is 1. The highest BCUT2D eigenvalue weighted by Crippen LogP contribution is 2.34. The fourth-order valence-electron chi connectivity index (χ4n) is 2.96. The zero-order valence-corrected chi connectivity index (χ0v) is 14.6. The summed E-state index contributed by atoms with van der Waals surface area (Å²) in [5, 5.41) is 3.20. The molecule has 0 atom stereocenters. The van der Waals surface area contributed by atoms with Crippen molar-refractivity contribution in [2.75, 3.05) is 50.2 Å². The van der Waals surface area contributed by atoms with E-state index in [0.29, 0.717) is 12.5 Å². The minimum absolute atomic E-state index is 0.609. The van der Waals surface area contributed by atoms with Crippen molar-refractivity contribution in [2.45, 2.75) is 13.8 Å². The Balaban J connectivity index is 2.03. The summed E-state index contributed by atoms with van der Waals surface area (Å²) in [6.45, 7) is 7.92. The number of rotatable bonds is 5. The number of ether oxygens (including phenoxy) is 2. The van der Waals surface area contributed by atoms with Crippen LogP contribution in [0.5, 0.6) is 5.88 Å². The Labute approximate surface area is 143 Å². The van der Waals surface area contributed by atoms with Gasteiger partial charge in [0.2, 0.25) is 5.88 Å². The Hall–Kier alpha value is -2.27. The molecule has 0 saturated carbocycles. The zero-order valence-electron chi connectivity index (χ0n) is 14.6. The first-order valence-electron chi connectivity index (χ1n) is 8.47. The van der Waals surface area contributed by atoms with Crippen LogP contribution in [-0.2, 0) is 4.74 Å². The highest BCUT2D eigenvalue weighted by molar-refractivity contribution is 5.75. The number of aromatic nitrogens is 1. The minimum atomic E-state index is 0.609. The summed E-state index contributed by atoms with van der Waals surface area (Å²) < 4.78 is 11.2. The molecular weight excluding hydrogens is 302 g/mol. The molecule has 1 N–H and O–H groups in total. The zero-order chi connectivity index (χ0) is 16.9. The molecule has 1 fully saturated rings. The van der Waals surface area contributed by atoms with Gasteiger partial charge in [0.05, 0.1) is 19.8 Å². The van der Waals surface area contributed by atoms with Crippen molar-refractivity contribution < 1.29 is 9.47 Å². The molecule has 1 aliphatic heterocycles. The molecule has 0 spiro atoms. The minimum Gasteiger partial charge on any atom is -0.476 e. The first-order chi connectivity index (χ1) is 11.7. The lowest BCUT2D eigenvalue weighted by molar-refractivity contribution is 0.122. The number of pyridine rings is 1. The van der Waals surface area contributed by atoms with Gasteiger partial charge in [-0.15, -0.1) is 0 Å². The van der Waals surface area contributed by atoms with Crippen LogP contribution in [0, 0.1) is 6.92 Å². The van der Waals surface area contributed by atoms with Crippen molar-refractivity contribution in [3.8, 4) is 17.0 Å². The molecule has 0 unspecified atom stereocenters. The monoisotopic (exact) mass is 327 g/mol. The molecule has 2 heterocycles. The Morgan fingerprint density at radius 3 is 2.75 bits per heavy atom. The molecule has 5 nitrogen and oxygen atoms in total. The van der Waals surface area contributed by atoms with Gasteiger partial charge in [-0.05, 0) is 43.2 Å². The van der Waals surface area contributed by atoms with Gasteiger partial charge in [-0.3, -0.25) is 0 Å². The SMILES string of the molecule is CCOc1ncc(-c2cc(NC)ccc2C)cc1N1CCOCC1. The number of aryl methyl sites for hydroxylation is 1. The summed E-state index contributed by atoms with van der Waals surface area (Å²) in [7, 11) is 1.93. The molecular formula is C19H25N3O2. The molecule has 24 heavy (non-hydrogen) atoms. The van der Waals surface area contributed by atoms with E-state index >= 15 is 0 Å². The van der Waals surface area contributed by atoms with Crippen molar-refractivity contribution in [1.82, 2.24) is 4.98 Å². The van der Waals surface area contributed by atoms with Crippen LogP contribution in [0.25, 0.3) is 11.1 Å². The molecule has 1 aliphatic rings. The fourth-order valence-corrected chi connectivity index (χ4v) is 2.96. The van der Waals surface area contributed by atoms with Crippen molar-refractivity contribution >= 4 is 11.4 Å². The average molecular weight is 327 g/mol. The van der Waals surface area contributed by atoms with Crippen LogP contribution in [0.2, 0.25) is 0 Å². The highest BCUT2D eigenvalue weighted by atomic mass is 16.5. The van der Waals surface area contributed by atoms with Crippen molar-refractivity contribution in [2.24, 2.45) is 0 Å². The molecule has 1 saturated heterocycles. The maximum atomic E-state index is 5.75. The van der Waals surface area contributed by atoms with E-state index in [9.17, 15) is 0 Å². The number of morpholine rings is 1. The molecule has 0 radical (unpaired) electrons. The van der Waals surface area contributed by atoms with E-state index in [2.05, 4.69) is 46.4 Å². The van der Waals surface area contributed by atoms with Crippen molar-refractivity contribution in [3.63, 3.8) is 0 Å². The number of hydrogen-bond acceptors (Lipinski definition) is 5. The van der Waals surface area contributed by atoms with Gasteiger partial charge in [-0.2, -0.15) is 0 Å². The molecule has 1 aromatic carbocycles. The Morgan fingerprint density at radius 1 is 1.25 bits per heavy atom. The van der Waals surface area contributed by atoms with E-state index in [1.807, 2.05) is 20.2 Å². The quantitative estimate of drug-likeness (QED) is 0.913. The molecule has 0 aliphatic carbocycles. The number of hydrogen-bond donors (Lipinski definition) is 1. The van der Waals surface area contributed by atoms with E-state index < -0.39 is 0 Å². The van der Waals surface area contributed by atoms with Crippen molar-refractivity contribution in [1.29, 1.82) is 0 Å². The number of anilines is 2. The summed E-state index contributed by atoms with van der Waals surface area (Å²) in [5.74, 6) is 0.700. The molecule has 0 amide bonds. The van der Waals surface area contributed by atoms with Crippen LogP contribution in [0.1, 0.15) is 12.5 Å². The van der Waals surface area contributed by atoms with Gasteiger partial charge in [-0.1, -0.05) is 6.07 Å². The van der Waals surface area contributed by atoms with Gasteiger partial charge >= 0.3 is 0 Å². The topological polar surface area (TPSA) is 46.6 Å². The van der Waals surface area contributed by atoms with Gasteiger partial charge in [0.1, 0.15) is 5.69 Å². The second-order valence-corrected chi connectivity index (χ2v) is 5.86. The first-order valence-corrected chi connectivity index (χ1v) is 8.47. The third kappa shape index (κ3) is 3.46. The Bertz CT molecular complexity index is 697. The predicted octanol–water partition coefficient (Wildman–Crippen LogP) is 3.33. The van der Waals surface area contributed by atoms with Gasteiger partial charge in [0.15, 0.2) is 0 Å². The van der Waals surface area contributed by atoms with E-state index in [0.717, 1.165) is 43.2 Å². The second kappa shape index (κ2) is 7.53. The summed E-state index contributed by atoms with van der Waals surface area (Å²) in [4.78, 5) is 6.89. The molecule has 5 heteroatoms. The standard InChI is InChI=1S/C19H25N3O2/c1-4-24-19-18(22-7-9-23-10-8-22)11-15(13-21-19)17-12-16(20-3)6-5-14(17)2/h5-6,11-13,20H,4,7-10H2,1-3H3. The van der Waals surface area contributed by atoms with Gasteiger partial charge in [0.25, 0.3) is 0 Å². The average Bonchev–Trinajstić information content (AvgIpc) is 2.63. The molecule has 3 rings (SSSR count). The van der Waals surface area contributed by atoms with E-state index in [1.165, 1.54) is 11.1 Å². The first kappa shape index (κ1) is 16.6. The smallest absolute Gasteiger partial charge is 0.237 e. The van der Waals surface area contributed by atoms with Crippen LogP contribution < -0.4 is 15.0 Å². The summed E-state index contributed by atoms with van der Waals surface area (Å²) in [6.07, 6.45) is 1.90. The number of nitrogens with zero attached hydrogens (tertiary/aromatic N) is 2. The molecule has 128 valence electrons. The predicted molar refractivity (Wildman–Crippen MR) is 98.2 cm³/mol. The maximum Gasteiger partial charge on any atom is 0.237 e. The second-order valence-electron chi connectivity index (χ2n) is 5.86. The summed E-state index contributed by atoms with van der Waals surface area (Å²) >= 11 is 0. The normalized spacial score (nSPS) is 14.5. The lowest BCUT2D eigenvalue weighted by Gasteiger charge is -2.30. The molecule has 0 bridgehead atoms. The lowest BCUT2D eigenvalue weighted by atomic mass is 10.0. The van der Waals surface area contributed by atoms with Gasteiger partial charge in [0, 0.05) is 37.6 Å². The van der Waals surface area contributed by atoms with Crippen LogP contribution in [0.4, 0.5) is 11.4 Å². The summed E-state index contributed by atoms with van der Waals surface area (Å²) in [5.41, 5.74) is 5.67. The van der Waals surface area contributed by atoms with Gasteiger partial charge in [-0.25, -0.2) is 4.98 Å². The fraction of sp³-hybridized carbons (Fsp3) is 0.421.